The van der Waals surface area contributed by atoms with Crippen LogP contribution in [-0.4, -0.2) is 13.0 Å². The maximum atomic E-state index is 13.0. The molecule has 0 spiro atoms. The van der Waals surface area contributed by atoms with E-state index in [2.05, 4.69) is 10.6 Å². The van der Waals surface area contributed by atoms with E-state index in [1.54, 1.807) is 18.2 Å². The van der Waals surface area contributed by atoms with Gasteiger partial charge in [0, 0.05) is 21.9 Å². The van der Waals surface area contributed by atoms with Gasteiger partial charge in [0.2, 0.25) is 0 Å². The lowest BCUT2D eigenvalue weighted by atomic mass is 10.2. The molecule has 2 aromatic carbocycles. The first-order chi connectivity index (χ1) is 9.10. The van der Waals surface area contributed by atoms with Gasteiger partial charge in [0.15, 0.2) is 0 Å². The van der Waals surface area contributed by atoms with Crippen LogP contribution >= 0.6 is 22.6 Å². The zero-order chi connectivity index (χ0) is 13.8. The Bertz CT molecular complexity index is 599. The van der Waals surface area contributed by atoms with Gasteiger partial charge in [-0.25, -0.2) is 4.39 Å². The van der Waals surface area contributed by atoms with Crippen molar-refractivity contribution in [2.45, 2.75) is 0 Å². The summed E-state index contributed by atoms with van der Waals surface area (Å²) in [6.07, 6.45) is 0. The second-order valence-electron chi connectivity index (χ2n) is 3.91. The predicted molar refractivity (Wildman–Crippen MR) is 83.1 cm³/mol. The lowest BCUT2D eigenvalue weighted by molar-refractivity contribution is 0.102. The molecule has 0 saturated carbocycles. The van der Waals surface area contributed by atoms with Crippen LogP contribution in [0.15, 0.2) is 42.5 Å². The van der Waals surface area contributed by atoms with E-state index < -0.39 is 0 Å². The van der Waals surface area contributed by atoms with E-state index in [0.29, 0.717) is 14.8 Å². The molecule has 5 heteroatoms. The number of anilines is 2. The number of benzene rings is 2. The maximum absolute atomic E-state index is 13.0. The minimum absolute atomic E-state index is 0.216. The molecule has 2 rings (SSSR count). The van der Waals surface area contributed by atoms with Crippen LogP contribution in [-0.2, 0) is 0 Å². The highest BCUT2D eigenvalue weighted by Crippen LogP contribution is 2.20. The van der Waals surface area contributed by atoms with Crippen molar-refractivity contribution in [3.63, 3.8) is 0 Å². The second kappa shape index (κ2) is 6.01. The Morgan fingerprint density at radius 1 is 1.16 bits per heavy atom. The lowest BCUT2D eigenvalue weighted by Gasteiger charge is -2.08. The highest BCUT2D eigenvalue weighted by Gasteiger charge is 2.08. The summed E-state index contributed by atoms with van der Waals surface area (Å²) in [5.74, 6) is -0.534. The Labute approximate surface area is 124 Å². The third-order valence-electron chi connectivity index (χ3n) is 2.62. The molecule has 2 aromatic rings. The van der Waals surface area contributed by atoms with E-state index in [1.807, 2.05) is 41.8 Å². The van der Waals surface area contributed by atoms with Gasteiger partial charge >= 0.3 is 0 Å². The molecule has 0 bridgehead atoms. The lowest BCUT2D eigenvalue weighted by Crippen LogP contribution is -2.12. The van der Waals surface area contributed by atoms with Crippen molar-refractivity contribution < 1.29 is 9.18 Å². The molecule has 0 aromatic heterocycles. The van der Waals surface area contributed by atoms with Gasteiger partial charge in [-0.3, -0.25) is 4.79 Å². The van der Waals surface area contributed by atoms with E-state index in [-0.39, 0.29) is 11.7 Å². The van der Waals surface area contributed by atoms with Gasteiger partial charge in [0.1, 0.15) is 5.82 Å². The van der Waals surface area contributed by atoms with Crippen LogP contribution < -0.4 is 10.6 Å². The zero-order valence-electron chi connectivity index (χ0n) is 10.2. The number of amides is 1. The van der Waals surface area contributed by atoms with E-state index in [9.17, 15) is 9.18 Å². The van der Waals surface area contributed by atoms with Gasteiger partial charge in [-0.05, 0) is 65.1 Å². The van der Waals surface area contributed by atoms with Crippen molar-refractivity contribution in [1.82, 2.24) is 0 Å². The number of nitrogens with one attached hydrogen (secondary N) is 2. The minimum Gasteiger partial charge on any atom is -0.388 e. The summed E-state index contributed by atoms with van der Waals surface area (Å²) >= 11 is 1.99. The van der Waals surface area contributed by atoms with Gasteiger partial charge in [0.05, 0.1) is 5.69 Å². The quantitative estimate of drug-likeness (QED) is 0.809. The topological polar surface area (TPSA) is 41.1 Å². The Morgan fingerprint density at radius 2 is 1.84 bits per heavy atom. The van der Waals surface area contributed by atoms with Crippen LogP contribution in [0.2, 0.25) is 0 Å². The van der Waals surface area contributed by atoms with E-state index >= 15 is 0 Å². The largest absolute Gasteiger partial charge is 0.388 e. The monoisotopic (exact) mass is 370 g/mol. The second-order valence-corrected chi connectivity index (χ2v) is 5.07. The number of hydrogen-bond acceptors (Lipinski definition) is 2. The normalized spacial score (nSPS) is 10.1. The Balaban J connectivity index is 2.15. The molecular weight excluding hydrogens is 358 g/mol. The Morgan fingerprint density at radius 3 is 2.42 bits per heavy atom. The number of halogens is 2. The molecule has 2 N–H and O–H groups in total. The van der Waals surface area contributed by atoms with Gasteiger partial charge in [-0.2, -0.15) is 0 Å². The maximum Gasteiger partial charge on any atom is 0.255 e. The van der Waals surface area contributed by atoms with Crippen molar-refractivity contribution in [3.05, 3.63) is 57.4 Å². The Hall–Kier alpha value is -1.63. The summed E-state index contributed by atoms with van der Waals surface area (Å²) in [5.41, 5.74) is 2.09. The molecule has 0 fully saturated rings. The first-order valence-corrected chi connectivity index (χ1v) is 6.72. The highest BCUT2D eigenvalue weighted by atomic mass is 127. The first kappa shape index (κ1) is 13.8. The van der Waals surface area contributed by atoms with Gasteiger partial charge in [0.25, 0.3) is 5.91 Å². The van der Waals surface area contributed by atoms with Crippen LogP contribution in [0, 0.1) is 9.39 Å². The van der Waals surface area contributed by atoms with Crippen LogP contribution in [0.1, 0.15) is 10.4 Å². The standard InChI is InChI=1S/C14H12FIN2O/c1-17-11-5-2-9(3-6-11)14(19)18-13-7-4-10(15)8-12(13)16/h2-8,17H,1H3,(H,18,19). The molecule has 0 saturated heterocycles. The Kier molecular flexibility index (Phi) is 4.36. The van der Waals surface area contributed by atoms with Crippen molar-refractivity contribution >= 4 is 39.9 Å². The number of carbonyl (C=O) groups excluding carboxylic acids is 1. The third kappa shape index (κ3) is 3.44. The summed E-state index contributed by atoms with van der Waals surface area (Å²) in [6.45, 7) is 0. The fraction of sp³-hybridized carbons (Fsp3) is 0.0714. The fourth-order valence-corrected chi connectivity index (χ4v) is 2.19. The molecule has 1 amide bonds. The predicted octanol–water partition coefficient (Wildman–Crippen LogP) is 3.72. The molecule has 0 aliphatic carbocycles. The smallest absolute Gasteiger partial charge is 0.255 e. The van der Waals surface area contributed by atoms with E-state index in [4.69, 9.17) is 0 Å². The summed E-state index contributed by atoms with van der Waals surface area (Å²) in [5, 5.41) is 5.74. The van der Waals surface area contributed by atoms with Crippen LogP contribution in [0.4, 0.5) is 15.8 Å². The molecular formula is C14H12FIN2O. The van der Waals surface area contributed by atoms with Crippen LogP contribution in [0.5, 0.6) is 0 Å². The fourth-order valence-electron chi connectivity index (χ4n) is 1.57. The average molecular weight is 370 g/mol. The average Bonchev–Trinajstić information content (AvgIpc) is 2.42. The number of rotatable bonds is 3. The summed E-state index contributed by atoms with van der Waals surface area (Å²) in [7, 11) is 1.82. The molecule has 3 nitrogen and oxygen atoms in total. The zero-order valence-corrected chi connectivity index (χ0v) is 12.4. The van der Waals surface area contributed by atoms with Crippen molar-refractivity contribution in [1.29, 1.82) is 0 Å². The molecule has 0 aliphatic rings. The van der Waals surface area contributed by atoms with Crippen molar-refractivity contribution in [3.8, 4) is 0 Å². The molecule has 0 heterocycles. The van der Waals surface area contributed by atoms with Crippen LogP contribution in [0.25, 0.3) is 0 Å². The van der Waals surface area contributed by atoms with E-state index in [1.165, 1.54) is 12.1 Å². The summed E-state index contributed by atoms with van der Waals surface area (Å²) < 4.78 is 13.6. The van der Waals surface area contributed by atoms with Gasteiger partial charge in [-0.1, -0.05) is 0 Å². The van der Waals surface area contributed by atoms with Gasteiger partial charge < -0.3 is 10.6 Å². The first-order valence-electron chi connectivity index (χ1n) is 5.64. The van der Waals surface area contributed by atoms with Crippen molar-refractivity contribution in [2.75, 3.05) is 17.7 Å². The van der Waals surface area contributed by atoms with Crippen LogP contribution in [0.3, 0.4) is 0 Å². The molecule has 0 radical (unpaired) electrons. The molecule has 98 valence electrons. The highest BCUT2D eigenvalue weighted by molar-refractivity contribution is 14.1. The number of carbonyl (C=O) groups is 1. The van der Waals surface area contributed by atoms with E-state index in [0.717, 1.165) is 5.69 Å². The van der Waals surface area contributed by atoms with Gasteiger partial charge in [-0.15, -0.1) is 0 Å². The molecule has 19 heavy (non-hydrogen) atoms. The minimum atomic E-state index is -0.319. The molecule has 0 atom stereocenters. The third-order valence-corrected chi connectivity index (χ3v) is 3.51. The summed E-state index contributed by atoms with van der Waals surface area (Å²) in [6, 6.07) is 11.4. The molecule has 0 aliphatic heterocycles. The molecule has 0 unspecified atom stereocenters. The summed E-state index contributed by atoms with van der Waals surface area (Å²) in [4.78, 5) is 12.0. The van der Waals surface area contributed by atoms with Crippen molar-refractivity contribution in [2.24, 2.45) is 0 Å². The number of hydrogen-bond donors (Lipinski definition) is 2. The SMILES string of the molecule is CNc1ccc(C(=O)Nc2ccc(F)cc2I)cc1.